The summed E-state index contributed by atoms with van der Waals surface area (Å²) >= 11 is 0. The summed E-state index contributed by atoms with van der Waals surface area (Å²) in [5, 5.41) is 0. The maximum absolute atomic E-state index is 12.1. The van der Waals surface area contributed by atoms with Crippen molar-refractivity contribution >= 4 is 5.91 Å². The van der Waals surface area contributed by atoms with Crippen LogP contribution in [0.5, 0.6) is 0 Å². The summed E-state index contributed by atoms with van der Waals surface area (Å²) in [6.07, 6.45) is 4.45. The van der Waals surface area contributed by atoms with Gasteiger partial charge in [0, 0.05) is 18.0 Å². The van der Waals surface area contributed by atoms with Crippen LogP contribution in [-0.2, 0) is 4.79 Å². The second-order valence-electron chi connectivity index (χ2n) is 5.29. The Hall–Kier alpha value is -0.530. The van der Waals surface area contributed by atoms with Crippen molar-refractivity contribution < 1.29 is 4.79 Å². The largest absolute Gasteiger partial charge is 0.338 e. The molecule has 0 aromatic rings. The summed E-state index contributed by atoms with van der Waals surface area (Å²) in [7, 11) is 0. The van der Waals surface area contributed by atoms with Gasteiger partial charge in [-0.2, -0.15) is 0 Å². The van der Waals surface area contributed by atoms with Crippen LogP contribution in [0.4, 0.5) is 0 Å². The number of nitrogens with zero attached hydrogens (tertiary/aromatic N) is 1. The van der Waals surface area contributed by atoms with Gasteiger partial charge in [-0.25, -0.2) is 0 Å². The van der Waals surface area contributed by atoms with E-state index in [9.17, 15) is 4.79 Å². The third-order valence-corrected chi connectivity index (χ3v) is 3.00. The van der Waals surface area contributed by atoms with Crippen molar-refractivity contribution in [1.29, 1.82) is 0 Å². The van der Waals surface area contributed by atoms with Gasteiger partial charge >= 0.3 is 0 Å². The molecule has 0 aromatic heterocycles. The van der Waals surface area contributed by atoms with Crippen LogP contribution >= 0.6 is 0 Å². The van der Waals surface area contributed by atoms with Gasteiger partial charge in [-0.05, 0) is 40.0 Å². The molecule has 0 aliphatic carbocycles. The van der Waals surface area contributed by atoms with E-state index in [2.05, 4.69) is 32.6 Å². The SMILES string of the molecule is CCCC1CCCN(C(C)(C)C)C1=O. The molecule has 1 atom stereocenters. The molecule has 1 rings (SSSR count). The molecule has 0 aromatic carbocycles. The lowest BCUT2D eigenvalue weighted by Crippen LogP contribution is -2.51. The molecule has 1 aliphatic heterocycles. The van der Waals surface area contributed by atoms with Crippen LogP contribution in [0.15, 0.2) is 0 Å². The molecule has 1 unspecified atom stereocenters. The zero-order valence-electron chi connectivity index (χ0n) is 9.97. The molecule has 0 saturated carbocycles. The number of hydrogen-bond donors (Lipinski definition) is 0. The Kier molecular flexibility index (Phi) is 3.57. The van der Waals surface area contributed by atoms with Crippen molar-refractivity contribution in [2.24, 2.45) is 5.92 Å². The maximum Gasteiger partial charge on any atom is 0.226 e. The molecule has 1 heterocycles. The average molecular weight is 197 g/mol. The smallest absolute Gasteiger partial charge is 0.226 e. The molecule has 1 aliphatic rings. The quantitative estimate of drug-likeness (QED) is 0.666. The number of hydrogen-bond acceptors (Lipinski definition) is 1. The molecule has 0 radical (unpaired) electrons. The zero-order valence-corrected chi connectivity index (χ0v) is 9.97. The van der Waals surface area contributed by atoms with E-state index in [4.69, 9.17) is 0 Å². The first-order valence-electron chi connectivity index (χ1n) is 5.78. The van der Waals surface area contributed by atoms with Crippen molar-refractivity contribution in [2.75, 3.05) is 6.54 Å². The van der Waals surface area contributed by atoms with E-state index in [-0.39, 0.29) is 5.54 Å². The Labute approximate surface area is 87.7 Å². The summed E-state index contributed by atoms with van der Waals surface area (Å²) < 4.78 is 0. The van der Waals surface area contributed by atoms with Gasteiger partial charge in [0.1, 0.15) is 0 Å². The van der Waals surface area contributed by atoms with Crippen molar-refractivity contribution in [2.45, 2.75) is 58.9 Å². The van der Waals surface area contributed by atoms with Gasteiger partial charge in [0.15, 0.2) is 0 Å². The summed E-state index contributed by atoms with van der Waals surface area (Å²) in [6, 6.07) is 0. The van der Waals surface area contributed by atoms with Crippen LogP contribution in [0.2, 0.25) is 0 Å². The van der Waals surface area contributed by atoms with Crippen molar-refractivity contribution in [3.8, 4) is 0 Å². The third-order valence-electron chi connectivity index (χ3n) is 3.00. The topological polar surface area (TPSA) is 20.3 Å². The number of carbonyl (C=O) groups is 1. The van der Waals surface area contributed by atoms with E-state index in [1.165, 1.54) is 6.42 Å². The highest BCUT2D eigenvalue weighted by atomic mass is 16.2. The summed E-state index contributed by atoms with van der Waals surface area (Å²) in [5.74, 6) is 0.679. The highest BCUT2D eigenvalue weighted by molar-refractivity contribution is 5.80. The number of amides is 1. The van der Waals surface area contributed by atoms with E-state index < -0.39 is 0 Å². The highest BCUT2D eigenvalue weighted by Gasteiger charge is 2.33. The van der Waals surface area contributed by atoms with Gasteiger partial charge in [0.25, 0.3) is 0 Å². The molecule has 0 spiro atoms. The predicted octanol–water partition coefficient (Wildman–Crippen LogP) is 2.82. The number of rotatable bonds is 2. The summed E-state index contributed by atoms with van der Waals surface area (Å²) in [5.41, 5.74) is 0.00347. The maximum atomic E-state index is 12.1. The molecular formula is C12H23NO. The van der Waals surface area contributed by atoms with Crippen molar-refractivity contribution in [3.63, 3.8) is 0 Å². The van der Waals surface area contributed by atoms with Gasteiger partial charge in [-0.15, -0.1) is 0 Å². The monoisotopic (exact) mass is 197 g/mol. The standard InChI is InChI=1S/C12H23NO/c1-5-7-10-8-6-9-13(11(10)14)12(2,3)4/h10H,5-9H2,1-4H3. The molecular weight excluding hydrogens is 174 g/mol. The first kappa shape index (κ1) is 11.5. The van der Waals surface area contributed by atoms with Crippen molar-refractivity contribution in [1.82, 2.24) is 4.90 Å². The normalized spacial score (nSPS) is 24.1. The van der Waals surface area contributed by atoms with E-state index in [0.717, 1.165) is 25.8 Å². The van der Waals surface area contributed by atoms with Crippen LogP contribution in [0.1, 0.15) is 53.4 Å². The first-order valence-corrected chi connectivity index (χ1v) is 5.78. The molecule has 2 nitrogen and oxygen atoms in total. The Morgan fingerprint density at radius 1 is 1.43 bits per heavy atom. The fourth-order valence-electron chi connectivity index (χ4n) is 2.23. The zero-order chi connectivity index (χ0) is 10.8. The minimum Gasteiger partial charge on any atom is -0.338 e. The van der Waals surface area contributed by atoms with Gasteiger partial charge < -0.3 is 4.90 Å². The van der Waals surface area contributed by atoms with Gasteiger partial charge in [0.05, 0.1) is 0 Å². The minimum atomic E-state index is 0.00347. The molecule has 0 N–H and O–H groups in total. The van der Waals surface area contributed by atoms with Crippen LogP contribution in [-0.4, -0.2) is 22.9 Å². The average Bonchev–Trinajstić information content (AvgIpc) is 2.07. The van der Waals surface area contributed by atoms with Crippen LogP contribution in [0.3, 0.4) is 0 Å². The second kappa shape index (κ2) is 4.33. The molecule has 1 amide bonds. The van der Waals surface area contributed by atoms with Crippen LogP contribution < -0.4 is 0 Å². The van der Waals surface area contributed by atoms with E-state index in [0.29, 0.717) is 11.8 Å². The third kappa shape index (κ3) is 2.49. The van der Waals surface area contributed by atoms with E-state index in [1.54, 1.807) is 0 Å². The van der Waals surface area contributed by atoms with Gasteiger partial charge in [-0.3, -0.25) is 4.79 Å². The lowest BCUT2D eigenvalue weighted by molar-refractivity contribution is -0.144. The molecule has 14 heavy (non-hydrogen) atoms. The predicted molar refractivity (Wildman–Crippen MR) is 59.1 cm³/mol. The molecule has 82 valence electrons. The van der Waals surface area contributed by atoms with Gasteiger partial charge in [0.2, 0.25) is 5.91 Å². The molecule has 1 saturated heterocycles. The summed E-state index contributed by atoms with van der Waals surface area (Å²) in [6.45, 7) is 9.48. The lowest BCUT2D eigenvalue weighted by Gasteiger charge is -2.41. The Morgan fingerprint density at radius 3 is 2.57 bits per heavy atom. The number of likely N-dealkylation sites (tertiary alicyclic amines) is 1. The van der Waals surface area contributed by atoms with Crippen LogP contribution in [0, 0.1) is 5.92 Å². The lowest BCUT2D eigenvalue weighted by atomic mass is 9.89. The molecule has 0 bridgehead atoms. The number of piperidine rings is 1. The van der Waals surface area contributed by atoms with E-state index in [1.807, 2.05) is 0 Å². The van der Waals surface area contributed by atoms with E-state index >= 15 is 0 Å². The van der Waals surface area contributed by atoms with Crippen molar-refractivity contribution in [3.05, 3.63) is 0 Å². The highest BCUT2D eigenvalue weighted by Crippen LogP contribution is 2.27. The Balaban J connectivity index is 2.66. The second-order valence-corrected chi connectivity index (χ2v) is 5.29. The Morgan fingerprint density at radius 2 is 2.07 bits per heavy atom. The molecule has 2 heteroatoms. The van der Waals surface area contributed by atoms with Crippen LogP contribution in [0.25, 0.3) is 0 Å². The Bertz CT molecular complexity index is 203. The molecule has 1 fully saturated rings. The fourth-order valence-corrected chi connectivity index (χ4v) is 2.23. The first-order chi connectivity index (χ1) is 6.46. The number of carbonyl (C=O) groups excluding carboxylic acids is 1. The fraction of sp³-hybridized carbons (Fsp3) is 0.917. The summed E-state index contributed by atoms with van der Waals surface area (Å²) in [4.78, 5) is 14.1. The minimum absolute atomic E-state index is 0.00347. The van der Waals surface area contributed by atoms with Gasteiger partial charge in [-0.1, -0.05) is 13.3 Å².